The minimum Gasteiger partial charge on any atom is -0.465 e. The summed E-state index contributed by atoms with van der Waals surface area (Å²) in [5.74, 6) is 0.678. The van der Waals surface area contributed by atoms with Crippen LogP contribution in [-0.2, 0) is 16.1 Å². The zero-order chi connectivity index (χ0) is 14.4. The quantitative estimate of drug-likeness (QED) is 0.810. The Labute approximate surface area is 117 Å². The molecule has 1 N–H and O–H groups in total. The summed E-state index contributed by atoms with van der Waals surface area (Å²) in [5.41, 5.74) is 0.835. The lowest BCUT2D eigenvalue weighted by Gasteiger charge is -2.16. The molecule has 0 radical (unpaired) electrons. The van der Waals surface area contributed by atoms with E-state index in [1.54, 1.807) is 13.8 Å². The van der Waals surface area contributed by atoms with Gasteiger partial charge in [-0.2, -0.15) is 4.98 Å². The number of ether oxygens (including phenoxy) is 1. The Hall–Kier alpha value is -2.21. The summed E-state index contributed by atoms with van der Waals surface area (Å²) in [7, 11) is 0. The van der Waals surface area contributed by atoms with Gasteiger partial charge in [0, 0.05) is 0 Å². The Kier molecular flexibility index (Phi) is 4.84. The molecule has 0 fully saturated rings. The fourth-order valence-electron chi connectivity index (χ4n) is 1.81. The van der Waals surface area contributed by atoms with Gasteiger partial charge >= 0.3 is 5.97 Å². The van der Waals surface area contributed by atoms with E-state index in [1.807, 2.05) is 30.3 Å². The highest BCUT2D eigenvalue weighted by Crippen LogP contribution is 2.15. The van der Waals surface area contributed by atoms with E-state index in [1.165, 1.54) is 0 Å². The minimum absolute atomic E-state index is 0.305. The van der Waals surface area contributed by atoms with Crippen LogP contribution < -0.4 is 5.32 Å². The Morgan fingerprint density at radius 3 is 2.75 bits per heavy atom. The van der Waals surface area contributed by atoms with Gasteiger partial charge in [0.1, 0.15) is 6.04 Å². The fraction of sp³-hybridized carbons (Fsp3) is 0.357. The smallest absolute Gasteiger partial charge is 0.327 e. The first-order valence-electron chi connectivity index (χ1n) is 6.45. The Bertz CT molecular complexity index is 554. The van der Waals surface area contributed by atoms with E-state index in [-0.39, 0.29) is 5.97 Å². The molecule has 6 heteroatoms. The zero-order valence-corrected chi connectivity index (χ0v) is 11.5. The maximum Gasteiger partial charge on any atom is 0.327 e. The molecule has 2 aromatic rings. The van der Waals surface area contributed by atoms with Crippen molar-refractivity contribution in [2.24, 2.45) is 0 Å². The number of aryl methyl sites for hydroxylation is 1. The van der Waals surface area contributed by atoms with Crippen LogP contribution in [0.5, 0.6) is 0 Å². The van der Waals surface area contributed by atoms with Gasteiger partial charge in [-0.3, -0.25) is 5.32 Å². The molecule has 6 nitrogen and oxygen atoms in total. The van der Waals surface area contributed by atoms with Crippen LogP contribution in [0.2, 0.25) is 0 Å². The first kappa shape index (κ1) is 14.2. The van der Waals surface area contributed by atoms with E-state index in [9.17, 15) is 4.79 Å². The third kappa shape index (κ3) is 3.64. The molecule has 0 aliphatic rings. The second-order valence-corrected chi connectivity index (χ2v) is 4.21. The molecule has 106 valence electrons. The number of benzene rings is 1. The molecule has 1 atom stereocenters. The van der Waals surface area contributed by atoms with Crippen LogP contribution in [0.3, 0.4) is 0 Å². The number of aromatic nitrogens is 2. The van der Waals surface area contributed by atoms with Crippen molar-refractivity contribution in [2.45, 2.75) is 26.4 Å². The van der Waals surface area contributed by atoms with Crippen LogP contribution in [0.1, 0.15) is 30.2 Å². The SMILES string of the molecule is CCOC(=O)C(NCc1nc(C)no1)c1ccccc1. The number of esters is 1. The highest BCUT2D eigenvalue weighted by molar-refractivity contribution is 5.77. The number of nitrogens with zero attached hydrogens (tertiary/aromatic N) is 2. The third-order valence-corrected chi connectivity index (χ3v) is 2.68. The van der Waals surface area contributed by atoms with Gasteiger partial charge in [0.2, 0.25) is 5.89 Å². The average molecular weight is 275 g/mol. The zero-order valence-electron chi connectivity index (χ0n) is 11.5. The largest absolute Gasteiger partial charge is 0.465 e. The monoisotopic (exact) mass is 275 g/mol. The third-order valence-electron chi connectivity index (χ3n) is 2.68. The number of nitrogens with one attached hydrogen (secondary N) is 1. The predicted molar refractivity (Wildman–Crippen MR) is 71.7 cm³/mol. The first-order valence-corrected chi connectivity index (χ1v) is 6.45. The standard InChI is InChI=1S/C14H17N3O3/c1-3-19-14(18)13(11-7-5-4-6-8-11)15-9-12-16-10(2)17-20-12/h4-8,13,15H,3,9H2,1-2H3. The van der Waals surface area contributed by atoms with Gasteiger partial charge in [-0.1, -0.05) is 35.5 Å². The average Bonchev–Trinajstić information content (AvgIpc) is 2.86. The van der Waals surface area contributed by atoms with Gasteiger partial charge in [0.05, 0.1) is 13.2 Å². The number of hydrogen-bond donors (Lipinski definition) is 1. The Balaban J connectivity index is 2.08. The molecule has 0 bridgehead atoms. The molecular weight excluding hydrogens is 258 g/mol. The fourth-order valence-corrected chi connectivity index (χ4v) is 1.81. The van der Waals surface area contributed by atoms with E-state index in [0.717, 1.165) is 5.56 Å². The topological polar surface area (TPSA) is 77.2 Å². The Morgan fingerprint density at radius 2 is 2.15 bits per heavy atom. The molecule has 0 aliphatic carbocycles. The summed E-state index contributed by atoms with van der Waals surface area (Å²) in [6, 6.07) is 8.83. The van der Waals surface area contributed by atoms with Crippen LogP contribution in [0, 0.1) is 6.92 Å². The number of carbonyl (C=O) groups excluding carboxylic acids is 1. The van der Waals surface area contributed by atoms with Crippen molar-refractivity contribution in [1.29, 1.82) is 0 Å². The molecule has 0 amide bonds. The summed E-state index contributed by atoms with van der Waals surface area (Å²) < 4.78 is 10.1. The highest BCUT2D eigenvalue weighted by Gasteiger charge is 2.22. The molecule has 0 aliphatic heterocycles. The van der Waals surface area contributed by atoms with E-state index >= 15 is 0 Å². The van der Waals surface area contributed by atoms with E-state index in [4.69, 9.17) is 9.26 Å². The molecule has 2 rings (SSSR count). The number of rotatable bonds is 6. The summed E-state index contributed by atoms with van der Waals surface area (Å²) in [5, 5.41) is 6.79. The lowest BCUT2D eigenvalue weighted by atomic mass is 10.1. The Morgan fingerprint density at radius 1 is 1.40 bits per heavy atom. The first-order chi connectivity index (χ1) is 9.70. The van der Waals surface area contributed by atoms with Gasteiger partial charge in [-0.15, -0.1) is 0 Å². The van der Waals surface area contributed by atoms with Gasteiger partial charge in [-0.05, 0) is 19.4 Å². The minimum atomic E-state index is -0.552. The molecule has 0 saturated carbocycles. The summed E-state index contributed by atoms with van der Waals surface area (Å²) in [6.45, 7) is 4.16. The summed E-state index contributed by atoms with van der Waals surface area (Å²) >= 11 is 0. The molecule has 1 aromatic heterocycles. The van der Waals surface area contributed by atoms with Crippen molar-refractivity contribution in [3.63, 3.8) is 0 Å². The second kappa shape index (κ2) is 6.81. The molecule has 1 heterocycles. The van der Waals surface area contributed by atoms with Crippen molar-refractivity contribution in [2.75, 3.05) is 6.61 Å². The molecule has 1 aromatic carbocycles. The highest BCUT2D eigenvalue weighted by atomic mass is 16.5. The van der Waals surface area contributed by atoms with Gasteiger partial charge < -0.3 is 9.26 Å². The van der Waals surface area contributed by atoms with Crippen LogP contribution in [0.4, 0.5) is 0 Å². The normalized spacial score (nSPS) is 12.1. The molecule has 0 spiro atoms. The van der Waals surface area contributed by atoms with Gasteiger partial charge in [-0.25, -0.2) is 4.79 Å². The maximum atomic E-state index is 12.0. The van der Waals surface area contributed by atoms with Crippen LogP contribution in [-0.4, -0.2) is 22.7 Å². The van der Waals surface area contributed by atoms with Crippen molar-refractivity contribution in [3.05, 3.63) is 47.6 Å². The molecule has 1 unspecified atom stereocenters. The van der Waals surface area contributed by atoms with Crippen molar-refractivity contribution >= 4 is 5.97 Å². The van der Waals surface area contributed by atoms with E-state index < -0.39 is 6.04 Å². The van der Waals surface area contributed by atoms with Crippen LogP contribution in [0.15, 0.2) is 34.9 Å². The lowest BCUT2D eigenvalue weighted by molar-refractivity contribution is -0.145. The van der Waals surface area contributed by atoms with Crippen molar-refractivity contribution < 1.29 is 14.1 Å². The van der Waals surface area contributed by atoms with E-state index in [0.29, 0.717) is 24.9 Å². The van der Waals surface area contributed by atoms with E-state index in [2.05, 4.69) is 15.5 Å². The second-order valence-electron chi connectivity index (χ2n) is 4.21. The van der Waals surface area contributed by atoms with Crippen LogP contribution in [0.25, 0.3) is 0 Å². The van der Waals surface area contributed by atoms with Crippen molar-refractivity contribution in [1.82, 2.24) is 15.5 Å². The van der Waals surface area contributed by atoms with Gasteiger partial charge in [0.15, 0.2) is 5.82 Å². The maximum absolute atomic E-state index is 12.0. The van der Waals surface area contributed by atoms with Crippen LogP contribution >= 0.6 is 0 Å². The van der Waals surface area contributed by atoms with Crippen molar-refractivity contribution in [3.8, 4) is 0 Å². The molecular formula is C14H17N3O3. The number of carbonyl (C=O) groups is 1. The summed E-state index contributed by atoms with van der Waals surface area (Å²) in [4.78, 5) is 16.1. The molecule has 0 saturated heterocycles. The lowest BCUT2D eigenvalue weighted by Crippen LogP contribution is -2.30. The predicted octanol–water partition coefficient (Wildman–Crippen LogP) is 1.77. The number of hydrogen-bond acceptors (Lipinski definition) is 6. The molecule has 20 heavy (non-hydrogen) atoms. The summed E-state index contributed by atoms with van der Waals surface area (Å²) in [6.07, 6.45) is 0. The van der Waals surface area contributed by atoms with Gasteiger partial charge in [0.25, 0.3) is 0 Å².